The van der Waals surface area contributed by atoms with E-state index in [0.29, 0.717) is 0 Å². The Morgan fingerprint density at radius 1 is 1.58 bits per heavy atom. The second kappa shape index (κ2) is 6.00. The Bertz CT molecular complexity index is 124. The maximum atomic E-state index is 8.89. The van der Waals surface area contributed by atoms with E-state index in [1.807, 2.05) is 0 Å². The lowest BCUT2D eigenvalue weighted by Gasteiger charge is -2.23. The molecule has 0 aromatic heterocycles. The summed E-state index contributed by atoms with van der Waals surface area (Å²) in [5.41, 5.74) is 0. The van der Waals surface area contributed by atoms with E-state index >= 15 is 0 Å². The van der Waals surface area contributed by atoms with Gasteiger partial charge < -0.3 is 14.8 Å². The molecule has 3 nitrogen and oxygen atoms in total. The summed E-state index contributed by atoms with van der Waals surface area (Å²) in [5, 5.41) is 8.89. The molecule has 72 valence electrons. The molecule has 0 radical (unpaired) electrons. The SMILES string of the molecule is CC(=O)[O-].CC1CCC[NH+](C)C1. The monoisotopic (exact) mass is 173 g/mol. The van der Waals surface area contributed by atoms with Crippen LogP contribution in [0.4, 0.5) is 0 Å². The van der Waals surface area contributed by atoms with Gasteiger partial charge in [-0.15, -0.1) is 0 Å². The lowest BCUT2D eigenvalue weighted by molar-refractivity contribution is -0.888. The Hall–Kier alpha value is -0.570. The average Bonchev–Trinajstić information content (AvgIpc) is 1.84. The normalized spacial score (nSPS) is 28.6. The quantitative estimate of drug-likeness (QED) is 0.494. The van der Waals surface area contributed by atoms with E-state index in [9.17, 15) is 0 Å². The first-order valence-corrected chi connectivity index (χ1v) is 4.51. The van der Waals surface area contributed by atoms with Gasteiger partial charge in [0.2, 0.25) is 0 Å². The van der Waals surface area contributed by atoms with Crippen LogP contribution in [0.5, 0.6) is 0 Å². The van der Waals surface area contributed by atoms with E-state index in [0.717, 1.165) is 12.8 Å². The van der Waals surface area contributed by atoms with Crippen molar-refractivity contribution in [3.05, 3.63) is 0 Å². The van der Waals surface area contributed by atoms with Crippen molar-refractivity contribution in [2.75, 3.05) is 20.1 Å². The van der Waals surface area contributed by atoms with Gasteiger partial charge in [0, 0.05) is 11.9 Å². The van der Waals surface area contributed by atoms with Crippen molar-refractivity contribution in [1.29, 1.82) is 0 Å². The van der Waals surface area contributed by atoms with Crippen molar-refractivity contribution in [3.63, 3.8) is 0 Å². The van der Waals surface area contributed by atoms with Gasteiger partial charge >= 0.3 is 0 Å². The van der Waals surface area contributed by atoms with Gasteiger partial charge in [0.05, 0.1) is 20.1 Å². The van der Waals surface area contributed by atoms with Crippen LogP contribution in [0.15, 0.2) is 0 Å². The van der Waals surface area contributed by atoms with E-state index < -0.39 is 5.97 Å². The first-order chi connectivity index (χ1) is 5.52. The minimum Gasteiger partial charge on any atom is -0.550 e. The minimum absolute atomic E-state index is 0.972. The van der Waals surface area contributed by atoms with Gasteiger partial charge in [-0.1, -0.05) is 6.92 Å². The zero-order valence-electron chi connectivity index (χ0n) is 8.22. The van der Waals surface area contributed by atoms with Crippen molar-refractivity contribution in [2.24, 2.45) is 5.92 Å². The van der Waals surface area contributed by atoms with Crippen LogP contribution >= 0.6 is 0 Å². The van der Waals surface area contributed by atoms with Crippen molar-refractivity contribution in [2.45, 2.75) is 26.7 Å². The molecule has 2 atom stereocenters. The fourth-order valence-corrected chi connectivity index (χ4v) is 1.55. The van der Waals surface area contributed by atoms with Crippen LogP contribution in [0.2, 0.25) is 0 Å². The smallest absolute Gasteiger partial charge is 0.0794 e. The summed E-state index contributed by atoms with van der Waals surface area (Å²) < 4.78 is 0. The number of hydrogen-bond donors (Lipinski definition) is 1. The standard InChI is InChI=1S/C7H15N.C2H4O2/c1-7-4-3-5-8(2)6-7;1-2(3)4/h7H,3-6H2,1-2H3;1H3,(H,3,4). The summed E-state index contributed by atoms with van der Waals surface area (Å²) in [4.78, 5) is 10.6. The molecule has 1 aliphatic heterocycles. The molecule has 1 saturated heterocycles. The number of piperidine rings is 1. The first-order valence-electron chi connectivity index (χ1n) is 4.51. The zero-order chi connectivity index (χ0) is 9.56. The molecule has 1 N–H and O–H groups in total. The summed E-state index contributed by atoms with van der Waals surface area (Å²) in [6, 6.07) is 0. The molecule has 0 aromatic carbocycles. The number of rotatable bonds is 0. The lowest BCUT2D eigenvalue weighted by Crippen LogP contribution is -3.10. The molecule has 0 amide bonds. The second-order valence-electron chi connectivity index (χ2n) is 3.65. The molecule has 0 spiro atoms. The van der Waals surface area contributed by atoms with Gasteiger partial charge in [-0.3, -0.25) is 0 Å². The highest BCUT2D eigenvalue weighted by molar-refractivity contribution is 5.60. The maximum absolute atomic E-state index is 8.89. The number of carboxylic acid groups (broad SMARTS) is 1. The lowest BCUT2D eigenvalue weighted by atomic mass is 10.0. The molecule has 1 rings (SSSR count). The topological polar surface area (TPSA) is 44.6 Å². The summed E-state index contributed by atoms with van der Waals surface area (Å²) in [5.74, 6) is -0.108. The largest absolute Gasteiger partial charge is 0.550 e. The number of aliphatic carboxylic acids is 1. The van der Waals surface area contributed by atoms with Crippen LogP contribution in [-0.2, 0) is 4.79 Å². The number of carboxylic acids is 1. The zero-order valence-corrected chi connectivity index (χ0v) is 8.22. The number of likely N-dealkylation sites (tertiary alicyclic amines) is 1. The summed E-state index contributed by atoms with van der Waals surface area (Å²) >= 11 is 0. The van der Waals surface area contributed by atoms with E-state index in [-0.39, 0.29) is 0 Å². The van der Waals surface area contributed by atoms with Crippen molar-refractivity contribution in [1.82, 2.24) is 0 Å². The van der Waals surface area contributed by atoms with E-state index in [4.69, 9.17) is 9.90 Å². The number of nitrogens with one attached hydrogen (secondary N) is 1. The van der Waals surface area contributed by atoms with Crippen molar-refractivity contribution >= 4 is 5.97 Å². The summed E-state index contributed by atoms with van der Waals surface area (Å²) in [6.45, 7) is 6.10. The van der Waals surface area contributed by atoms with Crippen LogP contribution < -0.4 is 10.0 Å². The Morgan fingerprint density at radius 3 is 2.33 bits per heavy atom. The highest BCUT2D eigenvalue weighted by Gasteiger charge is 2.14. The number of carbonyl (C=O) groups excluding carboxylic acids is 1. The molecule has 1 heterocycles. The third kappa shape index (κ3) is 7.54. The number of quaternary nitrogens is 1. The minimum atomic E-state index is -1.08. The molecule has 0 aromatic rings. The van der Waals surface area contributed by atoms with E-state index in [1.54, 1.807) is 4.90 Å². The van der Waals surface area contributed by atoms with Crippen molar-refractivity contribution < 1.29 is 14.8 Å². The third-order valence-corrected chi connectivity index (χ3v) is 2.00. The molecule has 12 heavy (non-hydrogen) atoms. The third-order valence-electron chi connectivity index (χ3n) is 2.00. The highest BCUT2D eigenvalue weighted by atomic mass is 16.4. The van der Waals surface area contributed by atoms with Crippen LogP contribution in [0.1, 0.15) is 26.7 Å². The molecular formula is C9H19NO2. The van der Waals surface area contributed by atoms with Gasteiger partial charge in [0.1, 0.15) is 0 Å². The summed E-state index contributed by atoms with van der Waals surface area (Å²) in [6.07, 6.45) is 2.89. The number of carbonyl (C=O) groups is 1. The first kappa shape index (κ1) is 11.4. The molecular weight excluding hydrogens is 154 g/mol. The van der Waals surface area contributed by atoms with Crippen LogP contribution in [0.3, 0.4) is 0 Å². The van der Waals surface area contributed by atoms with Gasteiger partial charge in [-0.25, -0.2) is 0 Å². The molecule has 2 unspecified atom stereocenters. The Balaban J connectivity index is 0.000000261. The maximum Gasteiger partial charge on any atom is 0.0794 e. The van der Waals surface area contributed by atoms with Gasteiger partial charge in [-0.05, 0) is 19.8 Å². The number of hydrogen-bond acceptors (Lipinski definition) is 2. The van der Waals surface area contributed by atoms with E-state index in [2.05, 4.69) is 14.0 Å². The summed E-state index contributed by atoms with van der Waals surface area (Å²) in [7, 11) is 2.29. The molecule has 0 saturated carbocycles. The fraction of sp³-hybridized carbons (Fsp3) is 0.889. The average molecular weight is 173 g/mol. The molecule has 1 fully saturated rings. The Labute approximate surface area is 74.4 Å². The molecule has 0 aliphatic carbocycles. The van der Waals surface area contributed by atoms with Gasteiger partial charge in [0.15, 0.2) is 0 Å². The van der Waals surface area contributed by atoms with Crippen LogP contribution in [-0.4, -0.2) is 26.1 Å². The fourth-order valence-electron chi connectivity index (χ4n) is 1.55. The predicted octanol–water partition coefficient (Wildman–Crippen LogP) is -1.31. The van der Waals surface area contributed by atoms with Crippen LogP contribution in [0.25, 0.3) is 0 Å². The molecule has 3 heteroatoms. The Morgan fingerprint density at radius 2 is 2.08 bits per heavy atom. The van der Waals surface area contributed by atoms with Crippen molar-refractivity contribution in [3.8, 4) is 0 Å². The van der Waals surface area contributed by atoms with E-state index in [1.165, 1.54) is 25.9 Å². The Kier molecular flexibility index (Phi) is 5.72. The van der Waals surface area contributed by atoms with Crippen LogP contribution in [0, 0.1) is 5.92 Å². The highest BCUT2D eigenvalue weighted by Crippen LogP contribution is 2.03. The predicted molar refractivity (Wildman–Crippen MR) is 45.7 cm³/mol. The van der Waals surface area contributed by atoms with Gasteiger partial charge in [0.25, 0.3) is 0 Å². The van der Waals surface area contributed by atoms with Gasteiger partial charge in [-0.2, -0.15) is 0 Å². The molecule has 0 bridgehead atoms. The molecule has 1 aliphatic rings. The second-order valence-corrected chi connectivity index (χ2v) is 3.65.